The van der Waals surface area contributed by atoms with Gasteiger partial charge in [0.25, 0.3) is 11.5 Å². The van der Waals surface area contributed by atoms with E-state index in [1.807, 2.05) is 0 Å². The fourth-order valence-electron chi connectivity index (χ4n) is 2.33. The number of pyridine rings is 1. The van der Waals surface area contributed by atoms with E-state index in [1.54, 1.807) is 49.6 Å². The second-order valence-corrected chi connectivity index (χ2v) is 5.37. The van der Waals surface area contributed by atoms with E-state index in [9.17, 15) is 9.59 Å². The van der Waals surface area contributed by atoms with Crippen molar-refractivity contribution in [2.45, 2.75) is 0 Å². The molecule has 0 spiro atoms. The number of aromatic amines is 1. The topological polar surface area (TPSA) is 93.6 Å². The fourth-order valence-corrected chi connectivity index (χ4v) is 2.33. The molecule has 0 aliphatic rings. The van der Waals surface area contributed by atoms with Crippen LogP contribution in [0.5, 0.6) is 11.5 Å². The van der Waals surface area contributed by atoms with Crippen LogP contribution in [-0.2, 0) is 0 Å². The summed E-state index contributed by atoms with van der Waals surface area (Å²) in [5.41, 5.74) is 0.0663. The van der Waals surface area contributed by atoms with Crippen LogP contribution < -0.4 is 20.3 Å². The summed E-state index contributed by atoms with van der Waals surface area (Å²) in [5.74, 6) is 1.47. The minimum Gasteiger partial charge on any atom is -0.497 e. The summed E-state index contributed by atoms with van der Waals surface area (Å²) in [6.07, 6.45) is 1.51. The molecule has 0 aliphatic carbocycles. The van der Waals surface area contributed by atoms with Crippen molar-refractivity contribution < 1.29 is 18.7 Å². The number of carbonyl (C=O) groups is 1. The summed E-state index contributed by atoms with van der Waals surface area (Å²) >= 11 is 0. The number of methoxy groups -OCH3 is 1. The number of ether oxygens (including phenoxy) is 2. The smallest absolute Gasteiger partial charge is 0.261 e. The van der Waals surface area contributed by atoms with Crippen molar-refractivity contribution in [2.24, 2.45) is 0 Å². The number of furan rings is 1. The maximum atomic E-state index is 12.1. The lowest BCUT2D eigenvalue weighted by atomic mass is 10.2. The summed E-state index contributed by atoms with van der Waals surface area (Å²) in [7, 11) is 1.59. The Morgan fingerprint density at radius 1 is 1.12 bits per heavy atom. The van der Waals surface area contributed by atoms with Crippen molar-refractivity contribution in [1.82, 2.24) is 10.3 Å². The first kappa shape index (κ1) is 17.3. The first-order chi connectivity index (χ1) is 12.7. The third-order valence-electron chi connectivity index (χ3n) is 3.66. The summed E-state index contributed by atoms with van der Waals surface area (Å²) in [5, 5.41) is 2.65. The molecule has 0 fully saturated rings. The Hall–Kier alpha value is -3.48. The van der Waals surface area contributed by atoms with E-state index in [1.165, 1.54) is 12.3 Å². The van der Waals surface area contributed by atoms with E-state index >= 15 is 0 Å². The Morgan fingerprint density at radius 3 is 2.54 bits per heavy atom. The lowest BCUT2D eigenvalue weighted by molar-refractivity contribution is 0.0945. The molecule has 0 aliphatic heterocycles. The number of amides is 1. The minimum atomic E-state index is -0.479. The maximum Gasteiger partial charge on any atom is 0.261 e. The Bertz CT molecular complexity index is 914. The monoisotopic (exact) mass is 354 g/mol. The highest BCUT2D eigenvalue weighted by atomic mass is 16.5. The van der Waals surface area contributed by atoms with E-state index in [4.69, 9.17) is 13.9 Å². The van der Waals surface area contributed by atoms with Gasteiger partial charge in [-0.05, 0) is 48.5 Å². The number of hydrogen-bond acceptors (Lipinski definition) is 5. The number of nitrogens with one attached hydrogen (secondary N) is 2. The number of aromatic nitrogens is 1. The van der Waals surface area contributed by atoms with Gasteiger partial charge in [0.15, 0.2) is 0 Å². The van der Waals surface area contributed by atoms with Gasteiger partial charge < -0.3 is 24.2 Å². The van der Waals surface area contributed by atoms with Gasteiger partial charge in [-0.1, -0.05) is 0 Å². The lowest BCUT2D eigenvalue weighted by Crippen LogP contribution is -2.32. The molecule has 3 rings (SSSR count). The molecule has 3 aromatic rings. The maximum absolute atomic E-state index is 12.1. The van der Waals surface area contributed by atoms with Gasteiger partial charge in [0.1, 0.15) is 29.4 Å². The van der Waals surface area contributed by atoms with E-state index < -0.39 is 11.5 Å². The van der Waals surface area contributed by atoms with Crippen LogP contribution in [0, 0.1) is 0 Å². The van der Waals surface area contributed by atoms with E-state index in [0.717, 1.165) is 5.75 Å². The fraction of sp³-hybridized carbons (Fsp3) is 0.158. The summed E-state index contributed by atoms with van der Waals surface area (Å²) in [4.78, 5) is 26.9. The second kappa shape index (κ2) is 8.06. The van der Waals surface area contributed by atoms with Gasteiger partial charge in [0, 0.05) is 0 Å². The molecular weight excluding hydrogens is 336 g/mol. The third kappa shape index (κ3) is 4.13. The molecule has 0 unspecified atom stereocenters. The largest absolute Gasteiger partial charge is 0.497 e. The molecule has 7 nitrogen and oxygen atoms in total. The first-order valence-electron chi connectivity index (χ1n) is 7.99. The predicted octanol–water partition coefficient (Wildman–Crippen LogP) is 2.45. The number of rotatable bonds is 7. The van der Waals surface area contributed by atoms with Crippen LogP contribution in [0.3, 0.4) is 0 Å². The third-order valence-corrected chi connectivity index (χ3v) is 3.66. The van der Waals surface area contributed by atoms with Crippen molar-refractivity contribution in [3.05, 3.63) is 70.7 Å². The average Bonchev–Trinajstić information content (AvgIpc) is 3.20. The van der Waals surface area contributed by atoms with Crippen LogP contribution in [0.4, 0.5) is 0 Å². The zero-order valence-corrected chi connectivity index (χ0v) is 14.2. The van der Waals surface area contributed by atoms with E-state index in [0.29, 0.717) is 17.2 Å². The van der Waals surface area contributed by atoms with E-state index in [2.05, 4.69) is 10.3 Å². The summed E-state index contributed by atoms with van der Waals surface area (Å²) in [6, 6.07) is 13.7. The standard InChI is InChI=1S/C19H18N2O5/c1-24-13-4-6-14(7-5-13)25-12-10-20-18(22)15-8-9-16(21-19(15)23)17-3-2-11-26-17/h2-9,11H,10,12H2,1H3,(H,20,22)(H,21,23). The molecule has 2 aromatic heterocycles. The highest BCUT2D eigenvalue weighted by molar-refractivity contribution is 5.94. The Morgan fingerprint density at radius 2 is 1.88 bits per heavy atom. The molecule has 7 heteroatoms. The molecule has 0 bridgehead atoms. The molecule has 0 atom stereocenters. The number of hydrogen-bond donors (Lipinski definition) is 2. The minimum absolute atomic E-state index is 0.0322. The first-order valence-corrected chi connectivity index (χ1v) is 7.99. The van der Waals surface area contributed by atoms with Crippen molar-refractivity contribution >= 4 is 5.91 Å². The zero-order chi connectivity index (χ0) is 18.4. The molecule has 1 aromatic carbocycles. The van der Waals surface area contributed by atoms with Crippen LogP contribution in [0.15, 0.2) is 64.0 Å². The quantitative estimate of drug-likeness (QED) is 0.636. The molecule has 26 heavy (non-hydrogen) atoms. The van der Waals surface area contributed by atoms with Crippen molar-refractivity contribution in [1.29, 1.82) is 0 Å². The van der Waals surface area contributed by atoms with Crippen LogP contribution in [0.2, 0.25) is 0 Å². The summed E-state index contributed by atoms with van der Waals surface area (Å²) in [6.45, 7) is 0.546. The highest BCUT2D eigenvalue weighted by Crippen LogP contribution is 2.17. The van der Waals surface area contributed by atoms with Gasteiger partial charge in [-0.3, -0.25) is 9.59 Å². The van der Waals surface area contributed by atoms with Crippen molar-refractivity contribution in [2.75, 3.05) is 20.3 Å². The Labute approximate surface area is 149 Å². The Balaban J connectivity index is 1.52. The van der Waals surface area contributed by atoms with Gasteiger partial charge in [-0.2, -0.15) is 0 Å². The van der Waals surface area contributed by atoms with E-state index in [-0.39, 0.29) is 18.7 Å². The summed E-state index contributed by atoms with van der Waals surface area (Å²) < 4.78 is 15.8. The Kier molecular flexibility index (Phi) is 5.38. The molecule has 0 saturated heterocycles. The number of benzene rings is 1. The predicted molar refractivity (Wildman–Crippen MR) is 95.6 cm³/mol. The van der Waals surface area contributed by atoms with Crippen LogP contribution in [0.25, 0.3) is 11.5 Å². The van der Waals surface area contributed by atoms with Crippen LogP contribution in [0.1, 0.15) is 10.4 Å². The number of carbonyl (C=O) groups excluding carboxylic acids is 1. The molecule has 2 N–H and O–H groups in total. The highest BCUT2D eigenvalue weighted by Gasteiger charge is 2.11. The molecule has 2 heterocycles. The van der Waals surface area contributed by atoms with Gasteiger partial charge >= 0.3 is 0 Å². The SMILES string of the molecule is COc1ccc(OCCNC(=O)c2ccc(-c3ccco3)[nH]c2=O)cc1. The number of H-pyrrole nitrogens is 1. The molecule has 0 radical (unpaired) electrons. The zero-order valence-electron chi connectivity index (χ0n) is 14.2. The van der Waals surface area contributed by atoms with Gasteiger partial charge in [0.2, 0.25) is 0 Å². The van der Waals surface area contributed by atoms with Crippen LogP contribution >= 0.6 is 0 Å². The molecular formula is C19H18N2O5. The van der Waals surface area contributed by atoms with Crippen LogP contribution in [-0.4, -0.2) is 31.2 Å². The second-order valence-electron chi connectivity index (χ2n) is 5.37. The average molecular weight is 354 g/mol. The normalized spacial score (nSPS) is 10.3. The van der Waals surface area contributed by atoms with Gasteiger partial charge in [-0.25, -0.2) is 0 Å². The van der Waals surface area contributed by atoms with Crippen molar-refractivity contribution in [3.63, 3.8) is 0 Å². The molecule has 134 valence electrons. The lowest BCUT2D eigenvalue weighted by Gasteiger charge is -2.08. The molecule has 1 amide bonds. The van der Waals surface area contributed by atoms with Gasteiger partial charge in [0.05, 0.1) is 25.6 Å². The molecule has 0 saturated carbocycles. The van der Waals surface area contributed by atoms with Gasteiger partial charge in [-0.15, -0.1) is 0 Å². The van der Waals surface area contributed by atoms with Crippen molar-refractivity contribution in [3.8, 4) is 23.0 Å².